The van der Waals surface area contributed by atoms with Crippen LogP contribution in [0.25, 0.3) is 0 Å². The number of hydrogen-bond donors (Lipinski definition) is 0. The van der Waals surface area contributed by atoms with Crippen LogP contribution in [0.4, 0.5) is 0 Å². The molecular weight excluding hydrogens is 324 g/mol. The number of esters is 1. The lowest BCUT2D eigenvalue weighted by atomic mass is 9.47. The van der Waals surface area contributed by atoms with Gasteiger partial charge in [-0.05, 0) is 79.6 Å². The molecule has 0 aromatic carbocycles. The molecule has 0 aromatic rings. The Morgan fingerprint density at radius 2 is 1.73 bits per heavy atom. The van der Waals surface area contributed by atoms with E-state index in [1.54, 1.807) is 6.92 Å². The van der Waals surface area contributed by atoms with Crippen LogP contribution in [0.2, 0.25) is 0 Å². The minimum absolute atomic E-state index is 0.0645. The SMILES string of the molecule is CC(=O)O[C@H]1CC[C@@]2(C)C(=CC[C@H]3[C@H]2CC[C@@]2(C)C(C(C)=O)=CC[C@H]32)C1. The van der Waals surface area contributed by atoms with Crippen molar-refractivity contribution in [3.8, 4) is 0 Å². The van der Waals surface area contributed by atoms with Gasteiger partial charge in [-0.2, -0.15) is 0 Å². The summed E-state index contributed by atoms with van der Waals surface area (Å²) in [5, 5.41) is 0. The number of allylic oxidation sites excluding steroid dienone is 3. The minimum Gasteiger partial charge on any atom is -0.462 e. The summed E-state index contributed by atoms with van der Waals surface area (Å²) >= 11 is 0. The lowest BCUT2D eigenvalue weighted by molar-refractivity contribution is -0.148. The number of rotatable bonds is 2. The van der Waals surface area contributed by atoms with Crippen LogP contribution in [-0.4, -0.2) is 17.9 Å². The maximum atomic E-state index is 12.2. The lowest BCUT2D eigenvalue weighted by Crippen LogP contribution is -2.50. The predicted octanol–water partition coefficient (Wildman–Crippen LogP) is 5.01. The van der Waals surface area contributed by atoms with Gasteiger partial charge in [0.05, 0.1) is 0 Å². The fourth-order valence-corrected chi connectivity index (χ4v) is 7.08. The monoisotopic (exact) mass is 356 g/mol. The summed E-state index contributed by atoms with van der Waals surface area (Å²) in [5.41, 5.74) is 2.96. The molecule has 4 rings (SSSR count). The molecule has 142 valence electrons. The number of ketones is 1. The zero-order chi connectivity index (χ0) is 18.7. The van der Waals surface area contributed by atoms with Crippen molar-refractivity contribution in [3.05, 3.63) is 23.3 Å². The maximum Gasteiger partial charge on any atom is 0.302 e. The van der Waals surface area contributed by atoms with Crippen molar-refractivity contribution in [1.82, 2.24) is 0 Å². The van der Waals surface area contributed by atoms with E-state index in [2.05, 4.69) is 26.0 Å². The predicted molar refractivity (Wildman–Crippen MR) is 101 cm³/mol. The van der Waals surface area contributed by atoms with E-state index in [-0.39, 0.29) is 28.7 Å². The molecule has 4 aliphatic rings. The molecular formula is C23H32O3. The van der Waals surface area contributed by atoms with Crippen LogP contribution in [0, 0.1) is 28.6 Å². The van der Waals surface area contributed by atoms with E-state index in [1.165, 1.54) is 18.9 Å². The number of carbonyl (C=O) groups excluding carboxylic acids is 2. The highest BCUT2D eigenvalue weighted by Gasteiger charge is 2.57. The molecule has 0 heterocycles. The highest BCUT2D eigenvalue weighted by molar-refractivity contribution is 5.95. The van der Waals surface area contributed by atoms with Gasteiger partial charge in [0.2, 0.25) is 0 Å². The number of hydrogen-bond acceptors (Lipinski definition) is 3. The summed E-state index contributed by atoms with van der Waals surface area (Å²) in [6, 6.07) is 0. The van der Waals surface area contributed by atoms with Gasteiger partial charge in [-0.3, -0.25) is 9.59 Å². The van der Waals surface area contributed by atoms with Crippen LogP contribution in [0.15, 0.2) is 23.3 Å². The Hall–Kier alpha value is -1.38. The van der Waals surface area contributed by atoms with Gasteiger partial charge in [0.15, 0.2) is 5.78 Å². The van der Waals surface area contributed by atoms with Crippen molar-refractivity contribution >= 4 is 11.8 Å². The maximum absolute atomic E-state index is 12.2. The quantitative estimate of drug-likeness (QED) is 0.516. The van der Waals surface area contributed by atoms with E-state index < -0.39 is 0 Å². The molecule has 2 saturated carbocycles. The molecule has 0 unspecified atom stereocenters. The highest BCUT2D eigenvalue weighted by atomic mass is 16.5. The summed E-state index contributed by atoms with van der Waals surface area (Å²) < 4.78 is 5.52. The summed E-state index contributed by atoms with van der Waals surface area (Å²) in [6.45, 7) is 8.05. The lowest BCUT2D eigenvalue weighted by Gasteiger charge is -2.57. The molecule has 4 aliphatic carbocycles. The molecule has 0 spiro atoms. The number of fused-ring (bicyclic) bond motifs is 5. The summed E-state index contributed by atoms with van der Waals surface area (Å²) in [5.74, 6) is 2.11. The fourth-order valence-electron chi connectivity index (χ4n) is 7.08. The second kappa shape index (κ2) is 6.07. The molecule has 6 atom stereocenters. The van der Waals surface area contributed by atoms with Crippen molar-refractivity contribution in [1.29, 1.82) is 0 Å². The third kappa shape index (κ3) is 2.53. The summed E-state index contributed by atoms with van der Waals surface area (Å²) in [6.07, 6.45) is 12.3. The van der Waals surface area contributed by atoms with Gasteiger partial charge in [0.1, 0.15) is 6.10 Å². The Kier molecular flexibility index (Phi) is 4.20. The average Bonchev–Trinajstić information content (AvgIpc) is 2.92. The molecule has 0 aliphatic heterocycles. The molecule has 3 heteroatoms. The zero-order valence-corrected chi connectivity index (χ0v) is 16.6. The van der Waals surface area contributed by atoms with Crippen LogP contribution in [0.5, 0.6) is 0 Å². The summed E-state index contributed by atoms with van der Waals surface area (Å²) in [7, 11) is 0. The average molecular weight is 357 g/mol. The molecule has 0 N–H and O–H groups in total. The molecule has 0 amide bonds. The van der Waals surface area contributed by atoms with Crippen LogP contribution >= 0.6 is 0 Å². The number of ether oxygens (including phenoxy) is 1. The first-order valence-corrected chi connectivity index (χ1v) is 10.3. The van der Waals surface area contributed by atoms with Gasteiger partial charge in [-0.1, -0.05) is 31.6 Å². The van der Waals surface area contributed by atoms with Gasteiger partial charge in [0.25, 0.3) is 0 Å². The van der Waals surface area contributed by atoms with Gasteiger partial charge in [-0.25, -0.2) is 0 Å². The van der Waals surface area contributed by atoms with E-state index in [1.807, 2.05) is 0 Å². The van der Waals surface area contributed by atoms with Crippen molar-refractivity contribution in [3.63, 3.8) is 0 Å². The third-order valence-electron chi connectivity index (χ3n) is 8.35. The van der Waals surface area contributed by atoms with E-state index in [0.29, 0.717) is 17.8 Å². The molecule has 0 aromatic heterocycles. The molecule has 2 fully saturated rings. The molecule has 26 heavy (non-hydrogen) atoms. The van der Waals surface area contributed by atoms with Crippen LogP contribution in [-0.2, 0) is 14.3 Å². The van der Waals surface area contributed by atoms with Crippen molar-refractivity contribution in [2.24, 2.45) is 28.6 Å². The Balaban J connectivity index is 1.59. The van der Waals surface area contributed by atoms with Gasteiger partial charge < -0.3 is 4.74 Å². The standard InChI is InChI=1S/C23H32O3/c1-14(24)19-7-8-20-18-6-5-16-13-17(26-15(2)25)9-11-22(16,3)21(18)10-12-23(19,20)4/h5,7,17-18,20-21H,6,8-13H2,1-4H3/t17-,18+,20+,21+,22-,23-/m0/s1. The number of carbonyl (C=O) groups is 2. The first-order chi connectivity index (χ1) is 12.3. The Labute approximate surface area is 157 Å². The topological polar surface area (TPSA) is 43.4 Å². The van der Waals surface area contributed by atoms with Gasteiger partial charge in [-0.15, -0.1) is 0 Å². The van der Waals surface area contributed by atoms with E-state index in [4.69, 9.17) is 4.74 Å². The largest absolute Gasteiger partial charge is 0.462 e. The van der Waals surface area contributed by atoms with Crippen LogP contribution in [0.1, 0.15) is 72.6 Å². The van der Waals surface area contributed by atoms with Crippen molar-refractivity contribution < 1.29 is 14.3 Å². The first-order valence-electron chi connectivity index (χ1n) is 10.3. The fraction of sp³-hybridized carbons (Fsp3) is 0.739. The second-order valence-corrected chi connectivity index (χ2v) is 9.60. The highest BCUT2D eigenvalue weighted by Crippen LogP contribution is 2.65. The van der Waals surface area contributed by atoms with E-state index in [9.17, 15) is 9.59 Å². The van der Waals surface area contributed by atoms with Gasteiger partial charge in [0, 0.05) is 13.3 Å². The van der Waals surface area contributed by atoms with Crippen LogP contribution < -0.4 is 0 Å². The molecule has 0 saturated heterocycles. The van der Waals surface area contributed by atoms with Crippen LogP contribution in [0.3, 0.4) is 0 Å². The first kappa shape index (κ1) is 18.0. The molecule has 0 bridgehead atoms. The second-order valence-electron chi connectivity index (χ2n) is 9.60. The van der Waals surface area contributed by atoms with E-state index in [0.717, 1.165) is 44.1 Å². The normalized spacial score (nSPS) is 44.2. The van der Waals surface area contributed by atoms with E-state index >= 15 is 0 Å². The zero-order valence-electron chi connectivity index (χ0n) is 16.6. The van der Waals surface area contributed by atoms with Gasteiger partial charge >= 0.3 is 5.97 Å². The van der Waals surface area contributed by atoms with Crippen molar-refractivity contribution in [2.45, 2.75) is 78.7 Å². The smallest absolute Gasteiger partial charge is 0.302 e. The Morgan fingerprint density at radius 1 is 1.00 bits per heavy atom. The number of Topliss-reactive ketones (excluding diaryl/α,β-unsaturated/α-hetero) is 1. The molecule has 0 radical (unpaired) electrons. The minimum atomic E-state index is -0.157. The summed E-state index contributed by atoms with van der Waals surface area (Å²) in [4.78, 5) is 23.5. The Morgan fingerprint density at radius 3 is 2.42 bits per heavy atom. The third-order valence-corrected chi connectivity index (χ3v) is 8.35. The van der Waals surface area contributed by atoms with Crippen molar-refractivity contribution in [2.75, 3.05) is 0 Å². The molecule has 3 nitrogen and oxygen atoms in total. The Bertz CT molecular complexity index is 702.